The van der Waals surface area contributed by atoms with Crippen LogP contribution in [0.3, 0.4) is 0 Å². The number of halogens is 2. The molecule has 2 heterocycles. The molecule has 0 aliphatic carbocycles. The third-order valence-electron chi connectivity index (χ3n) is 4.48. The Morgan fingerprint density at radius 2 is 2.08 bits per heavy atom. The highest BCUT2D eigenvalue weighted by molar-refractivity contribution is 6.64. The average molecular weight is 389 g/mol. The Morgan fingerprint density at radius 3 is 2.81 bits per heavy atom. The highest BCUT2D eigenvalue weighted by Gasteiger charge is 2.34. The van der Waals surface area contributed by atoms with Gasteiger partial charge in [0.15, 0.2) is 5.58 Å². The standard InChI is InChI=1S/C19H14Cl2N2O3/c1-10-2-5-16-15(6-10)22-19(26-16)13-8-12(3-4-14(13)20)23-9-11(18(21)25)7-17(23)24/h2-6,8,11H,7,9H2,1H3/t11-/m1/s1. The fourth-order valence-corrected chi connectivity index (χ4v) is 3.45. The zero-order chi connectivity index (χ0) is 18.4. The van der Waals surface area contributed by atoms with Crippen LogP contribution in [0.25, 0.3) is 22.6 Å². The smallest absolute Gasteiger partial charge is 0.228 e. The Morgan fingerprint density at radius 1 is 1.27 bits per heavy atom. The molecule has 0 N–H and O–H groups in total. The van der Waals surface area contributed by atoms with E-state index in [2.05, 4.69) is 4.98 Å². The molecule has 7 heteroatoms. The molecule has 132 valence electrons. The molecule has 1 amide bonds. The molecule has 1 aromatic heterocycles. The number of rotatable bonds is 3. The van der Waals surface area contributed by atoms with Gasteiger partial charge < -0.3 is 9.32 Å². The van der Waals surface area contributed by atoms with E-state index in [4.69, 9.17) is 27.6 Å². The van der Waals surface area contributed by atoms with Gasteiger partial charge in [-0.2, -0.15) is 0 Å². The second-order valence-electron chi connectivity index (χ2n) is 6.36. The zero-order valence-electron chi connectivity index (χ0n) is 13.8. The molecule has 1 aliphatic rings. The van der Waals surface area contributed by atoms with Crippen LogP contribution in [0.4, 0.5) is 5.69 Å². The summed E-state index contributed by atoms with van der Waals surface area (Å²) < 4.78 is 5.82. The Bertz CT molecular complexity index is 1040. The molecule has 1 fully saturated rings. The molecule has 0 bridgehead atoms. The van der Waals surface area contributed by atoms with E-state index in [0.29, 0.717) is 27.7 Å². The van der Waals surface area contributed by atoms with E-state index in [1.807, 2.05) is 25.1 Å². The summed E-state index contributed by atoms with van der Waals surface area (Å²) in [5, 5.41) is -0.0296. The van der Waals surface area contributed by atoms with Crippen LogP contribution in [-0.4, -0.2) is 22.7 Å². The molecule has 2 aromatic carbocycles. The largest absolute Gasteiger partial charge is 0.436 e. The molecule has 5 nitrogen and oxygen atoms in total. The van der Waals surface area contributed by atoms with E-state index in [1.54, 1.807) is 18.2 Å². The lowest BCUT2D eigenvalue weighted by Gasteiger charge is -2.17. The van der Waals surface area contributed by atoms with Gasteiger partial charge in [0, 0.05) is 18.7 Å². The van der Waals surface area contributed by atoms with Gasteiger partial charge in [-0.25, -0.2) is 4.98 Å². The predicted molar refractivity (Wildman–Crippen MR) is 101 cm³/mol. The van der Waals surface area contributed by atoms with Gasteiger partial charge in [-0.05, 0) is 54.4 Å². The summed E-state index contributed by atoms with van der Waals surface area (Å²) >= 11 is 11.9. The maximum atomic E-state index is 12.2. The molecule has 0 spiro atoms. The van der Waals surface area contributed by atoms with Gasteiger partial charge in [0.2, 0.25) is 17.0 Å². The number of fused-ring (bicyclic) bond motifs is 1. The number of nitrogens with zero attached hydrogens (tertiary/aromatic N) is 2. The van der Waals surface area contributed by atoms with Crippen molar-refractivity contribution in [1.29, 1.82) is 0 Å². The summed E-state index contributed by atoms with van der Waals surface area (Å²) in [5.74, 6) is -0.255. The van der Waals surface area contributed by atoms with Crippen LogP contribution >= 0.6 is 23.2 Å². The fraction of sp³-hybridized carbons (Fsp3) is 0.211. The summed E-state index contributed by atoms with van der Waals surface area (Å²) in [4.78, 5) is 29.7. The molecule has 1 aliphatic heterocycles. The second-order valence-corrected chi connectivity index (χ2v) is 7.14. The third kappa shape index (κ3) is 2.97. The molecule has 26 heavy (non-hydrogen) atoms. The number of carbonyl (C=O) groups is 2. The number of hydrogen-bond acceptors (Lipinski definition) is 4. The van der Waals surface area contributed by atoms with Crippen molar-refractivity contribution in [2.45, 2.75) is 13.3 Å². The number of hydrogen-bond donors (Lipinski definition) is 0. The van der Waals surface area contributed by atoms with Crippen molar-refractivity contribution in [1.82, 2.24) is 4.98 Å². The van der Waals surface area contributed by atoms with Crippen LogP contribution in [0.2, 0.25) is 5.02 Å². The molecular weight excluding hydrogens is 375 g/mol. The van der Waals surface area contributed by atoms with Crippen LogP contribution in [0, 0.1) is 12.8 Å². The fourth-order valence-electron chi connectivity index (χ4n) is 3.11. The van der Waals surface area contributed by atoms with Crippen LogP contribution in [0.5, 0.6) is 0 Å². The normalized spacial score (nSPS) is 17.3. The summed E-state index contributed by atoms with van der Waals surface area (Å²) in [6.45, 7) is 2.24. The number of aryl methyl sites for hydroxylation is 1. The molecular formula is C19H14Cl2N2O3. The quantitative estimate of drug-likeness (QED) is 0.616. The molecule has 3 aromatic rings. The molecule has 1 saturated heterocycles. The summed E-state index contributed by atoms with van der Waals surface area (Å²) in [5.41, 5.74) is 3.71. The average Bonchev–Trinajstić information content (AvgIpc) is 3.18. The van der Waals surface area contributed by atoms with Crippen molar-refractivity contribution >= 4 is 51.1 Å². The Kier molecular flexibility index (Phi) is 4.21. The first-order valence-electron chi connectivity index (χ1n) is 8.09. The van der Waals surface area contributed by atoms with Crippen molar-refractivity contribution in [3.63, 3.8) is 0 Å². The van der Waals surface area contributed by atoms with E-state index < -0.39 is 11.2 Å². The van der Waals surface area contributed by atoms with E-state index in [9.17, 15) is 9.59 Å². The van der Waals surface area contributed by atoms with Crippen LogP contribution < -0.4 is 4.90 Å². The summed E-state index contributed by atoms with van der Waals surface area (Å²) in [6.07, 6.45) is 0.114. The highest BCUT2D eigenvalue weighted by atomic mass is 35.5. The Hall–Kier alpha value is -2.37. The molecule has 1 atom stereocenters. The molecule has 0 unspecified atom stereocenters. The predicted octanol–water partition coefficient (Wildman–Crippen LogP) is 4.57. The lowest BCUT2D eigenvalue weighted by Crippen LogP contribution is -2.25. The van der Waals surface area contributed by atoms with Gasteiger partial charge in [-0.1, -0.05) is 17.7 Å². The van der Waals surface area contributed by atoms with Gasteiger partial charge in [0.05, 0.1) is 16.5 Å². The third-order valence-corrected chi connectivity index (χ3v) is 5.12. The van der Waals surface area contributed by atoms with Crippen molar-refractivity contribution < 1.29 is 14.0 Å². The van der Waals surface area contributed by atoms with Gasteiger partial charge in [0.25, 0.3) is 0 Å². The Labute approximate surface area is 159 Å². The SMILES string of the molecule is Cc1ccc2oc(-c3cc(N4C[C@H](C(=O)Cl)CC4=O)ccc3Cl)nc2c1. The summed E-state index contributed by atoms with van der Waals surface area (Å²) in [6, 6.07) is 10.9. The number of amides is 1. The lowest BCUT2D eigenvalue weighted by molar-refractivity contribution is -0.120. The van der Waals surface area contributed by atoms with E-state index >= 15 is 0 Å². The van der Waals surface area contributed by atoms with Gasteiger partial charge >= 0.3 is 0 Å². The molecule has 0 saturated carbocycles. The number of oxazole rings is 1. The lowest BCUT2D eigenvalue weighted by atomic mass is 10.1. The van der Waals surface area contributed by atoms with Crippen molar-refractivity contribution in [3.05, 3.63) is 47.0 Å². The minimum atomic E-state index is -0.496. The minimum Gasteiger partial charge on any atom is -0.436 e. The van der Waals surface area contributed by atoms with Crippen molar-refractivity contribution in [2.24, 2.45) is 5.92 Å². The number of aromatic nitrogens is 1. The maximum Gasteiger partial charge on any atom is 0.228 e. The zero-order valence-corrected chi connectivity index (χ0v) is 15.3. The first kappa shape index (κ1) is 17.1. The Balaban J connectivity index is 1.74. The first-order chi connectivity index (χ1) is 12.4. The topological polar surface area (TPSA) is 63.4 Å². The highest BCUT2D eigenvalue weighted by Crippen LogP contribution is 2.35. The first-order valence-corrected chi connectivity index (χ1v) is 8.85. The van der Waals surface area contributed by atoms with E-state index in [-0.39, 0.29) is 18.9 Å². The van der Waals surface area contributed by atoms with E-state index in [0.717, 1.165) is 11.1 Å². The van der Waals surface area contributed by atoms with Gasteiger partial charge in [-0.15, -0.1) is 0 Å². The van der Waals surface area contributed by atoms with Crippen molar-refractivity contribution in [3.8, 4) is 11.5 Å². The minimum absolute atomic E-state index is 0.114. The van der Waals surface area contributed by atoms with Crippen LogP contribution in [0.15, 0.2) is 40.8 Å². The number of anilines is 1. The summed E-state index contributed by atoms with van der Waals surface area (Å²) in [7, 11) is 0. The maximum absolute atomic E-state index is 12.2. The van der Waals surface area contributed by atoms with Gasteiger partial charge in [-0.3, -0.25) is 9.59 Å². The second kappa shape index (κ2) is 6.41. The monoisotopic (exact) mass is 388 g/mol. The van der Waals surface area contributed by atoms with Crippen LogP contribution in [0.1, 0.15) is 12.0 Å². The van der Waals surface area contributed by atoms with Gasteiger partial charge in [0.1, 0.15) is 5.52 Å². The van der Waals surface area contributed by atoms with Crippen LogP contribution in [-0.2, 0) is 9.59 Å². The van der Waals surface area contributed by atoms with E-state index in [1.165, 1.54) is 4.90 Å². The van der Waals surface area contributed by atoms with Crippen molar-refractivity contribution in [2.75, 3.05) is 11.4 Å². The number of carbonyl (C=O) groups excluding carboxylic acids is 2. The number of benzene rings is 2. The molecule has 4 rings (SSSR count). The molecule has 0 radical (unpaired) electrons.